The Labute approximate surface area is 283 Å². The predicted octanol–water partition coefficient (Wildman–Crippen LogP) is 7.68. The maximum Gasteiger partial charge on any atom is 0.416 e. The number of anilines is 1. The molecular weight excluding hydrogens is 613 g/mol. The van der Waals surface area contributed by atoms with Crippen molar-refractivity contribution in [3.63, 3.8) is 0 Å². The molecule has 1 amide bonds. The molecule has 1 aromatic carbocycles. The van der Waals surface area contributed by atoms with Crippen LogP contribution in [0, 0.1) is 18.7 Å². The van der Waals surface area contributed by atoms with Crippen LogP contribution < -0.4 is 4.90 Å². The molecule has 2 aromatic heterocycles. The first kappa shape index (κ1) is 35.4. The molecule has 0 aliphatic carbocycles. The van der Waals surface area contributed by atoms with Gasteiger partial charge in [-0.15, -0.1) is 0 Å². The largest absolute Gasteiger partial charge is 0.481 e. The number of rotatable bonds is 11. The fraction of sp³-hybridized carbons (Fsp3) is 0.595. The first-order valence-corrected chi connectivity index (χ1v) is 17.4. The number of carboxylic acids is 1. The van der Waals surface area contributed by atoms with Crippen LogP contribution >= 0.6 is 0 Å². The van der Waals surface area contributed by atoms with Crippen molar-refractivity contribution >= 4 is 17.9 Å². The van der Waals surface area contributed by atoms with Crippen molar-refractivity contribution < 1.29 is 28.3 Å². The zero-order valence-electron chi connectivity index (χ0n) is 29.2. The molecule has 3 aromatic rings. The molecule has 0 bridgehead atoms. The van der Waals surface area contributed by atoms with Gasteiger partial charge in [0, 0.05) is 19.2 Å². The van der Waals surface area contributed by atoms with E-state index < -0.39 is 23.3 Å². The monoisotopic (exact) mass is 663 g/mol. The number of pyridine rings is 1. The van der Waals surface area contributed by atoms with E-state index in [1.807, 2.05) is 40.7 Å². The number of hydrogen-bond acceptors (Lipinski definition) is 8. The van der Waals surface area contributed by atoms with Gasteiger partial charge in [-0.3, -0.25) is 9.69 Å². The van der Waals surface area contributed by atoms with Crippen molar-refractivity contribution in [3.8, 4) is 11.4 Å². The van der Waals surface area contributed by atoms with Crippen LogP contribution in [0.4, 0.5) is 15.0 Å². The number of aromatic nitrogens is 3. The third-order valence-corrected chi connectivity index (χ3v) is 9.38. The molecule has 2 aliphatic rings. The fourth-order valence-corrected chi connectivity index (χ4v) is 6.89. The summed E-state index contributed by atoms with van der Waals surface area (Å²) in [5, 5.41) is 14.4. The molecule has 260 valence electrons. The highest BCUT2D eigenvalue weighted by molar-refractivity contribution is 5.88. The summed E-state index contributed by atoms with van der Waals surface area (Å²) in [5.41, 5.74) is 2.81. The third kappa shape index (κ3) is 8.59. The van der Waals surface area contributed by atoms with Gasteiger partial charge in [-0.2, -0.15) is 4.98 Å². The van der Waals surface area contributed by atoms with Crippen LogP contribution in [0.25, 0.3) is 11.4 Å². The number of piperidine rings is 1. The molecule has 48 heavy (non-hydrogen) atoms. The highest BCUT2D eigenvalue weighted by Crippen LogP contribution is 2.40. The number of ether oxygens (including phenoxy) is 1. The molecule has 4 heterocycles. The van der Waals surface area contributed by atoms with E-state index >= 15 is 4.39 Å². The van der Waals surface area contributed by atoms with Gasteiger partial charge >= 0.3 is 12.1 Å². The number of aryl methyl sites for hydroxylation is 3. The first-order chi connectivity index (χ1) is 22.8. The maximum atomic E-state index is 15.6. The van der Waals surface area contributed by atoms with E-state index in [2.05, 4.69) is 27.2 Å². The number of amides is 1. The van der Waals surface area contributed by atoms with E-state index in [4.69, 9.17) is 14.2 Å². The van der Waals surface area contributed by atoms with Crippen molar-refractivity contribution in [2.45, 2.75) is 110 Å². The Kier molecular flexibility index (Phi) is 11.2. The highest BCUT2D eigenvalue weighted by Gasteiger charge is 2.36. The summed E-state index contributed by atoms with van der Waals surface area (Å²) < 4.78 is 26.3. The molecule has 1 atom stereocenters. The lowest BCUT2D eigenvalue weighted by atomic mass is 9.77. The summed E-state index contributed by atoms with van der Waals surface area (Å²) in [6.07, 6.45) is 6.79. The quantitative estimate of drug-likeness (QED) is 0.206. The standard InChI is InChI=1S/C37H50FN5O5/c1-23(2)27-21-29(32(30(38)22-27)33-39-24(3)48-41-33)31(35(44)45)25-15-19-42(20-16-25)17-9-7-8-12-28-14-13-26-11-10-18-43(34(26)40-28)36(46)47-37(4,5)6/h13-14,21-23,25,31H,7-12,15-20H2,1-6H3,(H,44,45). The van der Waals surface area contributed by atoms with Crippen LogP contribution in [0.2, 0.25) is 0 Å². The Morgan fingerprint density at radius 1 is 1.08 bits per heavy atom. The zero-order chi connectivity index (χ0) is 34.6. The highest BCUT2D eigenvalue weighted by atomic mass is 19.1. The molecule has 0 saturated carbocycles. The van der Waals surface area contributed by atoms with Crippen molar-refractivity contribution in [1.29, 1.82) is 0 Å². The fourth-order valence-electron chi connectivity index (χ4n) is 6.89. The summed E-state index contributed by atoms with van der Waals surface area (Å²) >= 11 is 0. The van der Waals surface area contributed by atoms with E-state index in [-0.39, 0.29) is 29.3 Å². The lowest BCUT2D eigenvalue weighted by Gasteiger charge is -2.35. The number of carboxylic acid groups (broad SMARTS) is 1. The van der Waals surface area contributed by atoms with Crippen LogP contribution in [-0.4, -0.2) is 69.0 Å². The van der Waals surface area contributed by atoms with E-state index in [0.717, 1.165) is 80.8 Å². The van der Waals surface area contributed by atoms with Gasteiger partial charge in [-0.1, -0.05) is 37.6 Å². The van der Waals surface area contributed by atoms with Gasteiger partial charge in [0.05, 0.1) is 11.5 Å². The summed E-state index contributed by atoms with van der Waals surface area (Å²) in [6, 6.07) is 7.46. The number of benzene rings is 1. The number of hydrogen-bond donors (Lipinski definition) is 1. The minimum Gasteiger partial charge on any atom is -0.481 e. The summed E-state index contributed by atoms with van der Waals surface area (Å²) in [6.45, 7) is 14.3. The van der Waals surface area contributed by atoms with Gasteiger partial charge in [-0.25, -0.2) is 14.2 Å². The van der Waals surface area contributed by atoms with Crippen LogP contribution in [0.3, 0.4) is 0 Å². The number of carbonyl (C=O) groups excluding carboxylic acids is 1. The smallest absolute Gasteiger partial charge is 0.416 e. The van der Waals surface area contributed by atoms with Gasteiger partial charge in [0.25, 0.3) is 0 Å². The molecule has 0 spiro atoms. The molecule has 1 saturated heterocycles. The number of unbranched alkanes of at least 4 members (excludes halogenated alkanes) is 2. The predicted molar refractivity (Wildman–Crippen MR) is 182 cm³/mol. The summed E-state index contributed by atoms with van der Waals surface area (Å²) in [4.78, 5) is 38.8. The van der Waals surface area contributed by atoms with Gasteiger partial charge in [-0.05, 0) is 126 Å². The molecule has 0 radical (unpaired) electrons. The van der Waals surface area contributed by atoms with E-state index in [1.165, 1.54) is 6.07 Å². The minimum absolute atomic E-state index is 0.0329. The van der Waals surface area contributed by atoms with Gasteiger partial charge < -0.3 is 19.3 Å². The van der Waals surface area contributed by atoms with Crippen molar-refractivity contribution in [1.82, 2.24) is 20.0 Å². The molecule has 1 fully saturated rings. The van der Waals surface area contributed by atoms with Crippen LogP contribution in [0.1, 0.15) is 113 Å². The van der Waals surface area contributed by atoms with Gasteiger partial charge in [0.15, 0.2) is 0 Å². The van der Waals surface area contributed by atoms with Crippen LogP contribution in [0.5, 0.6) is 0 Å². The average Bonchev–Trinajstić information content (AvgIpc) is 3.45. The first-order valence-electron chi connectivity index (χ1n) is 17.4. The molecule has 1 unspecified atom stereocenters. The molecule has 11 heteroatoms. The molecule has 2 aliphatic heterocycles. The van der Waals surface area contributed by atoms with Gasteiger partial charge in [0.2, 0.25) is 11.7 Å². The van der Waals surface area contributed by atoms with Crippen LogP contribution in [-0.2, 0) is 22.4 Å². The lowest BCUT2D eigenvalue weighted by Crippen LogP contribution is -2.40. The lowest BCUT2D eigenvalue weighted by molar-refractivity contribution is -0.140. The summed E-state index contributed by atoms with van der Waals surface area (Å²) in [7, 11) is 0. The van der Waals surface area contributed by atoms with E-state index in [1.54, 1.807) is 11.8 Å². The van der Waals surface area contributed by atoms with Gasteiger partial charge in [0.1, 0.15) is 17.2 Å². The minimum atomic E-state index is -0.958. The van der Waals surface area contributed by atoms with Crippen molar-refractivity contribution in [2.75, 3.05) is 31.1 Å². The second kappa shape index (κ2) is 15.1. The Morgan fingerprint density at radius 2 is 1.83 bits per heavy atom. The Balaban J connectivity index is 1.15. The number of halogens is 1. The second-order valence-corrected chi connectivity index (χ2v) is 14.6. The Bertz CT molecular complexity index is 1590. The Hall–Kier alpha value is -3.86. The number of likely N-dealkylation sites (tertiary alicyclic amines) is 1. The molecular formula is C37H50FN5O5. The number of carbonyl (C=O) groups is 2. The third-order valence-electron chi connectivity index (χ3n) is 9.38. The second-order valence-electron chi connectivity index (χ2n) is 14.6. The number of aliphatic carboxylic acids is 1. The van der Waals surface area contributed by atoms with Crippen molar-refractivity contribution in [2.24, 2.45) is 5.92 Å². The average molecular weight is 664 g/mol. The molecule has 5 rings (SSSR count). The summed E-state index contributed by atoms with van der Waals surface area (Å²) in [5.74, 6) is -1.34. The Morgan fingerprint density at radius 3 is 2.48 bits per heavy atom. The molecule has 10 nitrogen and oxygen atoms in total. The number of nitrogens with zero attached hydrogens (tertiary/aromatic N) is 5. The maximum absolute atomic E-state index is 15.6. The SMILES string of the molecule is Cc1nc(-c2c(F)cc(C(C)C)cc2C(C(=O)O)C2CCN(CCCCCc3ccc4c(n3)N(C(=O)OC(C)(C)C)CCC4)CC2)no1. The van der Waals surface area contributed by atoms with E-state index in [0.29, 0.717) is 30.8 Å². The van der Waals surface area contributed by atoms with Crippen molar-refractivity contribution in [3.05, 3.63) is 58.4 Å². The molecule has 1 N–H and O–H groups in total. The number of fused-ring (bicyclic) bond motifs is 1. The van der Waals surface area contributed by atoms with E-state index in [9.17, 15) is 14.7 Å². The van der Waals surface area contributed by atoms with Crippen LogP contribution in [0.15, 0.2) is 28.8 Å². The zero-order valence-corrected chi connectivity index (χ0v) is 29.2. The topological polar surface area (TPSA) is 122 Å². The normalized spacial score (nSPS) is 16.6.